The number of carbonyl (C=O) groups is 1. The van der Waals surface area contributed by atoms with Gasteiger partial charge in [-0.25, -0.2) is 4.98 Å². The minimum absolute atomic E-state index is 0.192. The normalized spacial score (nSPS) is 11.6. The van der Waals surface area contributed by atoms with Crippen molar-refractivity contribution in [1.82, 2.24) is 19.9 Å². The molecule has 7 nitrogen and oxygen atoms in total. The Bertz CT molecular complexity index is 949. The molecule has 3 rings (SSSR count). The van der Waals surface area contributed by atoms with Crippen molar-refractivity contribution in [2.24, 2.45) is 5.73 Å². The van der Waals surface area contributed by atoms with E-state index in [1.807, 2.05) is 30.5 Å². The fourth-order valence-corrected chi connectivity index (χ4v) is 3.34. The van der Waals surface area contributed by atoms with Gasteiger partial charge < -0.3 is 16.0 Å². The number of pyridine rings is 1. The molecule has 166 valence electrons. The quantitative estimate of drug-likeness (QED) is 0.510. The molecule has 0 fully saturated rings. The van der Waals surface area contributed by atoms with Gasteiger partial charge in [0.05, 0.1) is 11.7 Å². The van der Waals surface area contributed by atoms with Gasteiger partial charge in [0, 0.05) is 40.7 Å². The van der Waals surface area contributed by atoms with Crippen molar-refractivity contribution < 1.29 is 4.79 Å². The Morgan fingerprint density at radius 3 is 2.55 bits per heavy atom. The summed E-state index contributed by atoms with van der Waals surface area (Å²) < 4.78 is 0. The van der Waals surface area contributed by atoms with Gasteiger partial charge in [0.2, 0.25) is 0 Å². The van der Waals surface area contributed by atoms with Gasteiger partial charge in [0.1, 0.15) is 5.69 Å². The highest BCUT2D eigenvalue weighted by atomic mass is 35.5. The largest absolute Gasteiger partial charge is 0.382 e. The lowest BCUT2D eigenvalue weighted by Gasteiger charge is -2.20. The van der Waals surface area contributed by atoms with Crippen molar-refractivity contribution in [3.05, 3.63) is 59.8 Å². The number of anilines is 1. The molecule has 0 aliphatic carbocycles. The topological polar surface area (TPSA) is 97.0 Å². The molecule has 1 amide bonds. The molecule has 1 unspecified atom stereocenters. The van der Waals surface area contributed by atoms with E-state index >= 15 is 0 Å². The molecule has 0 spiro atoms. The maximum absolute atomic E-state index is 10.3. The summed E-state index contributed by atoms with van der Waals surface area (Å²) in [6.07, 6.45) is 8.43. The summed E-state index contributed by atoms with van der Waals surface area (Å²) in [7, 11) is 0. The van der Waals surface area contributed by atoms with Crippen LogP contribution in [0, 0.1) is 0 Å². The van der Waals surface area contributed by atoms with Gasteiger partial charge in [-0.2, -0.15) is 0 Å². The molecular weight excluding hydrogens is 412 g/mol. The third-order valence-electron chi connectivity index (χ3n) is 4.93. The van der Waals surface area contributed by atoms with Crippen LogP contribution in [0.4, 0.5) is 5.69 Å². The van der Waals surface area contributed by atoms with Crippen molar-refractivity contribution in [3.63, 3.8) is 0 Å². The van der Waals surface area contributed by atoms with E-state index in [4.69, 9.17) is 17.3 Å². The number of nitrogens with two attached hydrogens (primary N) is 1. The van der Waals surface area contributed by atoms with Gasteiger partial charge >= 0.3 is 0 Å². The number of carbonyl (C=O) groups excluding carboxylic acids is 1. The molecular formula is C23H31ClN6O. The number of benzene rings is 1. The maximum Gasteiger partial charge on any atom is 0.268 e. The lowest BCUT2D eigenvalue weighted by molar-refractivity contribution is 0.0995. The first-order valence-electron chi connectivity index (χ1n) is 10.5. The molecule has 3 aromatic rings. The fraction of sp³-hybridized carbons (Fsp3) is 0.391. The van der Waals surface area contributed by atoms with Gasteiger partial charge in [-0.05, 0) is 63.7 Å². The van der Waals surface area contributed by atoms with E-state index in [9.17, 15) is 4.79 Å². The SMILES string of the molecule is CCN(CC)CCCC(C)Nc1ccnc2cc(Cl)ccc12.NC(=O)c1cnccn1. The van der Waals surface area contributed by atoms with Crippen molar-refractivity contribution >= 4 is 34.1 Å². The third-order valence-corrected chi connectivity index (χ3v) is 5.16. The number of rotatable bonds is 9. The fourth-order valence-electron chi connectivity index (χ4n) is 3.17. The number of amides is 1. The Morgan fingerprint density at radius 2 is 1.94 bits per heavy atom. The van der Waals surface area contributed by atoms with Gasteiger partial charge in [0.25, 0.3) is 5.91 Å². The molecule has 31 heavy (non-hydrogen) atoms. The first-order chi connectivity index (χ1) is 14.9. The molecule has 2 aromatic heterocycles. The summed E-state index contributed by atoms with van der Waals surface area (Å²) >= 11 is 6.04. The van der Waals surface area contributed by atoms with Crippen molar-refractivity contribution in [3.8, 4) is 0 Å². The van der Waals surface area contributed by atoms with Gasteiger partial charge in [0.15, 0.2) is 0 Å². The Morgan fingerprint density at radius 1 is 1.16 bits per heavy atom. The van der Waals surface area contributed by atoms with Crippen molar-refractivity contribution in [1.29, 1.82) is 0 Å². The van der Waals surface area contributed by atoms with Crippen LogP contribution in [0.2, 0.25) is 5.02 Å². The summed E-state index contributed by atoms with van der Waals surface area (Å²) in [5.41, 5.74) is 7.14. The highest BCUT2D eigenvalue weighted by Gasteiger charge is 2.07. The van der Waals surface area contributed by atoms with Crippen LogP contribution in [0.25, 0.3) is 10.9 Å². The lowest BCUT2D eigenvalue weighted by atomic mass is 10.1. The number of hydrogen-bond donors (Lipinski definition) is 2. The Labute approximate surface area is 189 Å². The molecule has 0 aliphatic rings. The highest BCUT2D eigenvalue weighted by Crippen LogP contribution is 2.25. The van der Waals surface area contributed by atoms with Crippen molar-refractivity contribution in [2.45, 2.75) is 39.7 Å². The first-order valence-corrected chi connectivity index (χ1v) is 10.9. The van der Waals surface area contributed by atoms with Crippen LogP contribution < -0.4 is 11.1 Å². The predicted octanol–water partition coefficient (Wildman–Crippen LogP) is 4.39. The Kier molecular flexibility index (Phi) is 10.1. The molecule has 3 N–H and O–H groups in total. The monoisotopic (exact) mass is 442 g/mol. The molecule has 8 heteroatoms. The van der Waals surface area contributed by atoms with Crippen LogP contribution in [0.5, 0.6) is 0 Å². The summed E-state index contributed by atoms with van der Waals surface area (Å²) in [6, 6.07) is 8.35. The Balaban J connectivity index is 0.000000316. The summed E-state index contributed by atoms with van der Waals surface area (Å²) in [6.45, 7) is 10.1. The van der Waals surface area contributed by atoms with E-state index < -0.39 is 5.91 Å². The van der Waals surface area contributed by atoms with Crippen molar-refractivity contribution in [2.75, 3.05) is 25.0 Å². The van der Waals surface area contributed by atoms with Gasteiger partial charge in [-0.3, -0.25) is 14.8 Å². The highest BCUT2D eigenvalue weighted by molar-refractivity contribution is 6.31. The number of halogens is 1. The average molecular weight is 443 g/mol. The van der Waals surface area contributed by atoms with E-state index in [1.165, 1.54) is 31.6 Å². The number of primary amides is 1. The molecule has 0 radical (unpaired) electrons. The second-order valence-electron chi connectivity index (χ2n) is 7.19. The van der Waals surface area contributed by atoms with Gasteiger partial charge in [-0.15, -0.1) is 0 Å². The zero-order valence-corrected chi connectivity index (χ0v) is 19.1. The molecule has 2 heterocycles. The minimum atomic E-state index is -0.553. The first kappa shape index (κ1) is 24.5. The molecule has 0 saturated heterocycles. The Hall–Kier alpha value is -2.77. The summed E-state index contributed by atoms with van der Waals surface area (Å²) in [5.74, 6) is -0.553. The molecule has 1 atom stereocenters. The third kappa shape index (κ3) is 8.11. The van der Waals surface area contributed by atoms with Crippen LogP contribution in [0.15, 0.2) is 49.1 Å². The smallest absolute Gasteiger partial charge is 0.268 e. The number of fused-ring (bicyclic) bond motifs is 1. The number of nitrogens with one attached hydrogen (secondary N) is 1. The van der Waals surface area contributed by atoms with E-state index in [0.717, 1.165) is 41.1 Å². The number of nitrogens with zero attached hydrogens (tertiary/aromatic N) is 4. The number of hydrogen-bond acceptors (Lipinski definition) is 6. The average Bonchev–Trinajstić information content (AvgIpc) is 2.78. The van der Waals surface area contributed by atoms with Crippen LogP contribution in [-0.2, 0) is 0 Å². The zero-order chi connectivity index (χ0) is 22.6. The van der Waals surface area contributed by atoms with Crippen LogP contribution in [0.1, 0.15) is 44.1 Å². The van der Waals surface area contributed by atoms with Crippen LogP contribution in [0.3, 0.4) is 0 Å². The van der Waals surface area contributed by atoms with Gasteiger partial charge in [-0.1, -0.05) is 25.4 Å². The van der Waals surface area contributed by atoms with E-state index in [0.29, 0.717) is 6.04 Å². The lowest BCUT2D eigenvalue weighted by Crippen LogP contribution is -2.25. The zero-order valence-electron chi connectivity index (χ0n) is 18.4. The van der Waals surface area contributed by atoms with E-state index in [1.54, 1.807) is 0 Å². The summed E-state index contributed by atoms with van der Waals surface area (Å²) in [4.78, 5) is 24.5. The minimum Gasteiger partial charge on any atom is -0.382 e. The second-order valence-corrected chi connectivity index (χ2v) is 7.63. The predicted molar refractivity (Wildman–Crippen MR) is 127 cm³/mol. The van der Waals surface area contributed by atoms with E-state index in [-0.39, 0.29) is 5.69 Å². The molecule has 0 saturated carbocycles. The van der Waals surface area contributed by atoms with Crippen LogP contribution in [-0.4, -0.2) is 51.4 Å². The maximum atomic E-state index is 10.3. The standard InChI is InChI=1S/C18H26ClN3.C5H5N3O/c1-4-22(5-2)12-6-7-14(3)21-17-10-11-20-18-13-15(19)8-9-16(17)18;6-5(9)4-3-7-1-2-8-4/h8-11,13-14H,4-7,12H2,1-3H3,(H,20,21);1-3H,(H2,6,9). The summed E-state index contributed by atoms with van der Waals surface area (Å²) in [5, 5.41) is 5.47. The number of aromatic nitrogens is 3. The second kappa shape index (κ2) is 12.8. The molecule has 1 aromatic carbocycles. The van der Waals surface area contributed by atoms with Crippen LogP contribution >= 0.6 is 11.6 Å². The molecule has 0 bridgehead atoms. The van der Waals surface area contributed by atoms with E-state index in [2.05, 4.69) is 45.9 Å². The molecule has 0 aliphatic heterocycles.